The molecule has 0 radical (unpaired) electrons. The Morgan fingerprint density at radius 1 is 1.11 bits per heavy atom. The van der Waals surface area contributed by atoms with Crippen molar-refractivity contribution in [1.82, 2.24) is 0 Å². The van der Waals surface area contributed by atoms with Crippen LogP contribution >= 0.6 is 0 Å². The molecule has 0 heterocycles. The number of non-ortho nitro benzene ring substituents is 1. The molecule has 0 amide bonds. The van der Waals surface area contributed by atoms with Crippen molar-refractivity contribution in [2.75, 3.05) is 0 Å². The molecule has 2 rings (SSSR count). The highest BCUT2D eigenvalue weighted by atomic mass is 16.6. The van der Waals surface area contributed by atoms with Crippen LogP contribution in [0.5, 0.6) is 0 Å². The molecule has 0 aromatic heterocycles. The molecule has 2 aromatic rings. The molecule has 4 heteroatoms. The summed E-state index contributed by atoms with van der Waals surface area (Å²) in [6.45, 7) is 1.92. The number of nitro groups is 1. The fourth-order valence-corrected chi connectivity index (χ4v) is 1.78. The van der Waals surface area contributed by atoms with E-state index < -0.39 is 0 Å². The SMILES string of the molecule is CC(N)c1ccc(-c2cccc([N+](=O)[O-])c2)cc1. The van der Waals surface area contributed by atoms with E-state index in [0.29, 0.717) is 0 Å². The summed E-state index contributed by atoms with van der Waals surface area (Å²) in [6, 6.07) is 14.3. The van der Waals surface area contributed by atoms with Gasteiger partial charge in [-0.2, -0.15) is 0 Å². The first-order valence-electron chi connectivity index (χ1n) is 5.68. The highest BCUT2D eigenvalue weighted by molar-refractivity contribution is 5.66. The first kappa shape index (κ1) is 12.3. The Morgan fingerprint density at radius 3 is 2.33 bits per heavy atom. The van der Waals surface area contributed by atoms with Crippen LogP contribution in [0.3, 0.4) is 0 Å². The molecule has 92 valence electrons. The number of nitrogens with two attached hydrogens (primary N) is 1. The zero-order chi connectivity index (χ0) is 13.1. The maximum Gasteiger partial charge on any atom is 0.270 e. The summed E-state index contributed by atoms with van der Waals surface area (Å²) in [4.78, 5) is 10.3. The van der Waals surface area contributed by atoms with Crippen molar-refractivity contribution in [3.05, 3.63) is 64.2 Å². The Hall–Kier alpha value is -2.20. The summed E-state index contributed by atoms with van der Waals surface area (Å²) in [5.74, 6) is 0. The number of benzene rings is 2. The van der Waals surface area contributed by atoms with Gasteiger partial charge >= 0.3 is 0 Å². The third-order valence-electron chi connectivity index (χ3n) is 2.83. The maximum absolute atomic E-state index is 10.7. The molecule has 0 aliphatic heterocycles. The predicted octanol–water partition coefficient (Wildman–Crippen LogP) is 3.28. The van der Waals surface area contributed by atoms with Gasteiger partial charge in [0.05, 0.1) is 4.92 Å². The third-order valence-corrected chi connectivity index (χ3v) is 2.83. The standard InChI is InChI=1S/C14H14N2O2/c1-10(15)11-5-7-12(8-6-11)13-3-2-4-14(9-13)16(17)18/h2-10H,15H2,1H3. The minimum Gasteiger partial charge on any atom is -0.324 e. The highest BCUT2D eigenvalue weighted by Gasteiger charge is 2.07. The lowest BCUT2D eigenvalue weighted by Crippen LogP contribution is -2.04. The molecule has 0 spiro atoms. The van der Waals surface area contributed by atoms with Crippen LogP contribution in [0.2, 0.25) is 0 Å². The molecule has 0 aliphatic carbocycles. The van der Waals surface area contributed by atoms with Crippen LogP contribution < -0.4 is 5.73 Å². The van der Waals surface area contributed by atoms with Gasteiger partial charge < -0.3 is 5.73 Å². The number of nitro benzene ring substituents is 1. The molecule has 1 unspecified atom stereocenters. The van der Waals surface area contributed by atoms with Gasteiger partial charge in [0.15, 0.2) is 0 Å². The van der Waals surface area contributed by atoms with Crippen LogP contribution in [0.15, 0.2) is 48.5 Å². The van der Waals surface area contributed by atoms with Gasteiger partial charge in [-0.25, -0.2) is 0 Å². The number of rotatable bonds is 3. The molecular weight excluding hydrogens is 228 g/mol. The normalized spacial score (nSPS) is 12.1. The van der Waals surface area contributed by atoms with Gasteiger partial charge in [-0.15, -0.1) is 0 Å². The predicted molar refractivity (Wildman–Crippen MR) is 71.1 cm³/mol. The van der Waals surface area contributed by atoms with Gasteiger partial charge in [-0.3, -0.25) is 10.1 Å². The lowest BCUT2D eigenvalue weighted by atomic mass is 10.0. The van der Waals surface area contributed by atoms with Crippen LogP contribution in [0.4, 0.5) is 5.69 Å². The summed E-state index contributed by atoms with van der Waals surface area (Å²) in [7, 11) is 0. The zero-order valence-electron chi connectivity index (χ0n) is 10.0. The van der Waals surface area contributed by atoms with E-state index in [1.807, 2.05) is 37.3 Å². The summed E-state index contributed by atoms with van der Waals surface area (Å²) >= 11 is 0. The Labute approximate surface area is 105 Å². The summed E-state index contributed by atoms with van der Waals surface area (Å²) < 4.78 is 0. The Morgan fingerprint density at radius 2 is 1.78 bits per heavy atom. The van der Waals surface area contributed by atoms with Gasteiger partial charge in [0.25, 0.3) is 5.69 Å². The molecule has 4 nitrogen and oxygen atoms in total. The highest BCUT2D eigenvalue weighted by Crippen LogP contribution is 2.24. The van der Waals surface area contributed by atoms with Crippen molar-refractivity contribution in [2.45, 2.75) is 13.0 Å². The monoisotopic (exact) mass is 242 g/mol. The lowest BCUT2D eigenvalue weighted by molar-refractivity contribution is -0.384. The van der Waals surface area contributed by atoms with E-state index in [0.717, 1.165) is 16.7 Å². The minimum absolute atomic E-state index is 0.0100. The average molecular weight is 242 g/mol. The number of hydrogen-bond acceptors (Lipinski definition) is 3. The van der Waals surface area contributed by atoms with Crippen LogP contribution in [0, 0.1) is 10.1 Å². The van der Waals surface area contributed by atoms with E-state index in [1.165, 1.54) is 6.07 Å². The topological polar surface area (TPSA) is 69.2 Å². The summed E-state index contributed by atoms with van der Waals surface area (Å²) in [5.41, 5.74) is 8.70. The second-order valence-electron chi connectivity index (χ2n) is 4.22. The largest absolute Gasteiger partial charge is 0.324 e. The van der Waals surface area contributed by atoms with Gasteiger partial charge in [0, 0.05) is 18.2 Å². The Balaban J connectivity index is 2.36. The quantitative estimate of drug-likeness (QED) is 0.663. The number of hydrogen-bond donors (Lipinski definition) is 1. The van der Waals surface area contributed by atoms with Crippen molar-refractivity contribution < 1.29 is 4.92 Å². The molecule has 0 saturated carbocycles. The van der Waals surface area contributed by atoms with Crippen molar-refractivity contribution in [3.8, 4) is 11.1 Å². The Kier molecular flexibility index (Phi) is 3.39. The second kappa shape index (κ2) is 4.98. The molecule has 0 saturated heterocycles. The van der Waals surface area contributed by atoms with E-state index in [4.69, 9.17) is 5.73 Å². The second-order valence-corrected chi connectivity index (χ2v) is 4.22. The van der Waals surface area contributed by atoms with Crippen molar-refractivity contribution in [1.29, 1.82) is 0 Å². The molecule has 18 heavy (non-hydrogen) atoms. The lowest BCUT2D eigenvalue weighted by Gasteiger charge is -2.07. The van der Waals surface area contributed by atoms with Gasteiger partial charge in [-0.05, 0) is 23.6 Å². The smallest absolute Gasteiger partial charge is 0.270 e. The van der Waals surface area contributed by atoms with E-state index in [-0.39, 0.29) is 16.7 Å². The van der Waals surface area contributed by atoms with Crippen LogP contribution in [-0.4, -0.2) is 4.92 Å². The molecule has 0 aliphatic rings. The van der Waals surface area contributed by atoms with E-state index in [9.17, 15) is 10.1 Å². The van der Waals surface area contributed by atoms with Gasteiger partial charge in [-0.1, -0.05) is 36.4 Å². The van der Waals surface area contributed by atoms with E-state index >= 15 is 0 Å². The summed E-state index contributed by atoms with van der Waals surface area (Å²) in [5, 5.41) is 10.7. The van der Waals surface area contributed by atoms with Crippen molar-refractivity contribution in [3.63, 3.8) is 0 Å². The van der Waals surface area contributed by atoms with Crippen LogP contribution in [-0.2, 0) is 0 Å². The molecule has 2 N–H and O–H groups in total. The molecule has 0 fully saturated rings. The van der Waals surface area contributed by atoms with Crippen LogP contribution in [0.1, 0.15) is 18.5 Å². The molecular formula is C14H14N2O2. The van der Waals surface area contributed by atoms with E-state index in [2.05, 4.69) is 0 Å². The summed E-state index contributed by atoms with van der Waals surface area (Å²) in [6.07, 6.45) is 0. The first-order chi connectivity index (χ1) is 8.58. The molecule has 2 aromatic carbocycles. The number of nitrogens with zero attached hydrogens (tertiary/aromatic N) is 1. The van der Waals surface area contributed by atoms with Crippen LogP contribution in [0.25, 0.3) is 11.1 Å². The Bertz CT molecular complexity index is 562. The maximum atomic E-state index is 10.7. The van der Waals surface area contributed by atoms with Crippen molar-refractivity contribution >= 4 is 5.69 Å². The zero-order valence-corrected chi connectivity index (χ0v) is 10.0. The van der Waals surface area contributed by atoms with Crippen molar-refractivity contribution in [2.24, 2.45) is 5.73 Å². The van der Waals surface area contributed by atoms with Gasteiger partial charge in [0.1, 0.15) is 0 Å². The molecule has 0 bridgehead atoms. The fourth-order valence-electron chi connectivity index (χ4n) is 1.78. The third kappa shape index (κ3) is 2.55. The first-order valence-corrected chi connectivity index (χ1v) is 5.68. The molecule has 1 atom stereocenters. The average Bonchev–Trinajstić information content (AvgIpc) is 2.39. The fraction of sp³-hybridized carbons (Fsp3) is 0.143. The van der Waals surface area contributed by atoms with E-state index in [1.54, 1.807) is 12.1 Å². The minimum atomic E-state index is -0.389. The van der Waals surface area contributed by atoms with Gasteiger partial charge in [0.2, 0.25) is 0 Å².